The van der Waals surface area contributed by atoms with Gasteiger partial charge in [-0.25, -0.2) is 17.5 Å². The lowest BCUT2D eigenvalue weighted by Crippen LogP contribution is -2.41. The molecule has 3 N–H and O–H groups in total. The Bertz CT molecular complexity index is 653. The van der Waals surface area contributed by atoms with Gasteiger partial charge in [0.1, 0.15) is 5.82 Å². The first kappa shape index (κ1) is 20.9. The fraction of sp³-hybridized carbons (Fsp3) is 0.533. The molecule has 0 saturated heterocycles. The average Bonchev–Trinajstić information content (AvgIpc) is 2.48. The molecule has 0 aliphatic rings. The quantitative estimate of drug-likeness (QED) is 0.320. The van der Waals surface area contributed by atoms with Gasteiger partial charge in [-0.3, -0.25) is 4.99 Å². The Balaban J connectivity index is 2.39. The van der Waals surface area contributed by atoms with Crippen molar-refractivity contribution in [3.8, 4) is 0 Å². The summed E-state index contributed by atoms with van der Waals surface area (Å²) in [6.45, 7) is 3.91. The molecule has 0 saturated carbocycles. The van der Waals surface area contributed by atoms with Gasteiger partial charge < -0.3 is 10.6 Å². The van der Waals surface area contributed by atoms with Crippen LogP contribution in [0.4, 0.5) is 4.39 Å². The predicted molar refractivity (Wildman–Crippen MR) is 99.2 cm³/mol. The highest BCUT2D eigenvalue weighted by molar-refractivity contribution is 9.10. The lowest BCUT2D eigenvalue weighted by Gasteiger charge is -2.11. The number of hydrogen-bond donors (Lipinski definition) is 3. The smallest absolute Gasteiger partial charge is 0.208 e. The minimum absolute atomic E-state index is 0.217. The Labute approximate surface area is 151 Å². The molecule has 0 spiro atoms. The molecule has 0 aliphatic heterocycles. The second-order valence-corrected chi connectivity index (χ2v) is 7.94. The lowest BCUT2D eigenvalue weighted by molar-refractivity contribution is 0.586. The minimum Gasteiger partial charge on any atom is -0.357 e. The molecule has 1 aromatic rings. The molecule has 1 rings (SSSR count). The van der Waals surface area contributed by atoms with E-state index in [4.69, 9.17) is 0 Å². The molecule has 0 unspecified atom stereocenters. The van der Waals surface area contributed by atoms with Crippen LogP contribution in [0.3, 0.4) is 0 Å². The monoisotopic (exact) mass is 422 g/mol. The van der Waals surface area contributed by atoms with Crippen LogP contribution in [0.25, 0.3) is 0 Å². The number of nitrogens with one attached hydrogen (secondary N) is 3. The van der Waals surface area contributed by atoms with Crippen molar-refractivity contribution in [2.75, 3.05) is 32.4 Å². The molecule has 0 heterocycles. The molecule has 24 heavy (non-hydrogen) atoms. The first-order valence-corrected chi connectivity index (χ1v) is 10.4. The molecule has 6 nitrogen and oxygen atoms in total. The van der Waals surface area contributed by atoms with Gasteiger partial charge in [0.25, 0.3) is 0 Å². The van der Waals surface area contributed by atoms with E-state index in [9.17, 15) is 12.8 Å². The highest BCUT2D eigenvalue weighted by Crippen LogP contribution is 2.16. The summed E-state index contributed by atoms with van der Waals surface area (Å²) < 4.78 is 38.8. The molecular formula is C15H24BrFN4O2S. The molecule has 0 bridgehead atoms. The topological polar surface area (TPSA) is 82.6 Å². The number of rotatable bonds is 9. The number of hydrogen-bond acceptors (Lipinski definition) is 3. The largest absolute Gasteiger partial charge is 0.357 e. The molecule has 1 aromatic carbocycles. The minimum atomic E-state index is -3.18. The number of halogens is 2. The molecule has 0 fully saturated rings. The third kappa shape index (κ3) is 9.19. The molecule has 0 aliphatic carbocycles. The summed E-state index contributed by atoms with van der Waals surface area (Å²) in [5.41, 5.74) is 0.670. The molecular weight excluding hydrogens is 399 g/mol. The zero-order valence-electron chi connectivity index (χ0n) is 13.9. The Kier molecular flexibility index (Phi) is 9.24. The maximum atomic E-state index is 13.7. The molecule has 136 valence electrons. The van der Waals surface area contributed by atoms with Crippen LogP contribution in [-0.2, 0) is 16.4 Å². The van der Waals surface area contributed by atoms with E-state index < -0.39 is 10.0 Å². The van der Waals surface area contributed by atoms with E-state index in [1.54, 1.807) is 6.07 Å². The lowest BCUT2D eigenvalue weighted by atomic mass is 10.1. The van der Waals surface area contributed by atoms with Crippen LogP contribution in [0.2, 0.25) is 0 Å². The van der Waals surface area contributed by atoms with Crippen LogP contribution >= 0.6 is 15.9 Å². The molecule has 0 radical (unpaired) electrons. The number of sulfonamides is 1. The summed E-state index contributed by atoms with van der Waals surface area (Å²) in [4.78, 5) is 4.40. The van der Waals surface area contributed by atoms with Gasteiger partial charge >= 0.3 is 0 Å². The van der Waals surface area contributed by atoms with Crippen molar-refractivity contribution in [3.05, 3.63) is 34.1 Å². The van der Waals surface area contributed by atoms with E-state index in [0.717, 1.165) is 17.1 Å². The zero-order chi connectivity index (χ0) is 18.0. The van der Waals surface area contributed by atoms with Gasteiger partial charge in [-0.1, -0.05) is 22.0 Å². The second kappa shape index (κ2) is 10.6. The molecule has 0 amide bonds. The van der Waals surface area contributed by atoms with Crippen molar-refractivity contribution in [2.24, 2.45) is 4.99 Å². The number of aryl methyl sites for hydroxylation is 1. The van der Waals surface area contributed by atoms with Gasteiger partial charge in [0.2, 0.25) is 10.0 Å². The third-order valence-electron chi connectivity index (χ3n) is 3.02. The van der Waals surface area contributed by atoms with Crippen LogP contribution in [0, 0.1) is 5.82 Å². The van der Waals surface area contributed by atoms with Gasteiger partial charge in [-0.05, 0) is 37.5 Å². The van der Waals surface area contributed by atoms with Crippen molar-refractivity contribution in [2.45, 2.75) is 19.8 Å². The summed E-state index contributed by atoms with van der Waals surface area (Å²) in [5.74, 6) is 0.398. The van der Waals surface area contributed by atoms with Crippen LogP contribution in [0.1, 0.15) is 18.9 Å². The van der Waals surface area contributed by atoms with E-state index in [1.165, 1.54) is 6.07 Å². The third-order valence-corrected chi connectivity index (χ3v) is 4.24. The molecule has 0 atom stereocenters. The number of benzene rings is 1. The second-order valence-electron chi connectivity index (χ2n) is 5.19. The summed E-state index contributed by atoms with van der Waals surface area (Å²) >= 11 is 3.24. The van der Waals surface area contributed by atoms with Gasteiger partial charge in [-0.2, -0.15) is 0 Å². The van der Waals surface area contributed by atoms with Crippen LogP contribution in [0.5, 0.6) is 0 Å². The summed E-state index contributed by atoms with van der Waals surface area (Å²) in [6, 6.07) is 5.05. The van der Waals surface area contributed by atoms with Crippen molar-refractivity contribution in [1.82, 2.24) is 15.4 Å². The Morgan fingerprint density at radius 1 is 1.29 bits per heavy atom. The van der Waals surface area contributed by atoms with Gasteiger partial charge in [0.05, 0.1) is 6.26 Å². The number of guanidine groups is 1. The SMILES string of the molecule is CCNC(=NCCCc1ccc(Br)cc1F)NCCNS(C)(=O)=O. The maximum Gasteiger partial charge on any atom is 0.208 e. The summed E-state index contributed by atoms with van der Waals surface area (Å²) in [7, 11) is -3.18. The first-order chi connectivity index (χ1) is 11.3. The highest BCUT2D eigenvalue weighted by Gasteiger charge is 2.03. The fourth-order valence-corrected chi connectivity index (χ4v) is 2.75. The number of nitrogens with zero attached hydrogens (tertiary/aromatic N) is 1. The van der Waals surface area contributed by atoms with E-state index in [0.29, 0.717) is 37.6 Å². The van der Waals surface area contributed by atoms with Crippen molar-refractivity contribution in [1.29, 1.82) is 0 Å². The molecule has 9 heteroatoms. The van der Waals surface area contributed by atoms with Crippen LogP contribution < -0.4 is 15.4 Å². The maximum absolute atomic E-state index is 13.7. The van der Waals surface area contributed by atoms with E-state index in [2.05, 4.69) is 36.3 Å². The summed E-state index contributed by atoms with van der Waals surface area (Å²) in [6.07, 6.45) is 2.45. The van der Waals surface area contributed by atoms with Crippen LogP contribution in [-0.4, -0.2) is 46.8 Å². The normalized spacial score (nSPS) is 12.2. The van der Waals surface area contributed by atoms with Crippen molar-refractivity contribution < 1.29 is 12.8 Å². The van der Waals surface area contributed by atoms with Crippen molar-refractivity contribution in [3.63, 3.8) is 0 Å². The standard InChI is InChI=1S/C15H24BrFN4O2S/c1-3-18-15(20-9-10-21-24(2,22)23)19-8-4-5-12-6-7-13(16)11-14(12)17/h6-7,11,21H,3-5,8-10H2,1-2H3,(H2,18,19,20). The highest BCUT2D eigenvalue weighted by atomic mass is 79.9. The molecule has 0 aromatic heterocycles. The number of aliphatic imine (C=N–C) groups is 1. The summed E-state index contributed by atoms with van der Waals surface area (Å²) in [5, 5.41) is 6.12. The van der Waals surface area contributed by atoms with Gasteiger partial charge in [0, 0.05) is 30.7 Å². The van der Waals surface area contributed by atoms with Crippen molar-refractivity contribution >= 4 is 31.9 Å². The Hall–Kier alpha value is -1.19. The van der Waals surface area contributed by atoms with E-state index in [-0.39, 0.29) is 12.4 Å². The Morgan fingerprint density at radius 3 is 2.67 bits per heavy atom. The van der Waals surface area contributed by atoms with Gasteiger partial charge in [-0.15, -0.1) is 0 Å². The predicted octanol–water partition coefficient (Wildman–Crippen LogP) is 1.63. The van der Waals surface area contributed by atoms with Crippen LogP contribution in [0.15, 0.2) is 27.7 Å². The fourth-order valence-electron chi connectivity index (χ4n) is 1.94. The average molecular weight is 423 g/mol. The zero-order valence-corrected chi connectivity index (χ0v) is 16.3. The van der Waals surface area contributed by atoms with E-state index >= 15 is 0 Å². The Morgan fingerprint density at radius 2 is 2.04 bits per heavy atom. The van der Waals surface area contributed by atoms with Gasteiger partial charge in [0.15, 0.2) is 5.96 Å². The van der Waals surface area contributed by atoms with E-state index in [1.807, 2.05) is 13.0 Å². The first-order valence-electron chi connectivity index (χ1n) is 7.72.